The first kappa shape index (κ1) is 10.2. The Kier molecular flexibility index (Phi) is 2.81. The van der Waals surface area contributed by atoms with Gasteiger partial charge in [0.25, 0.3) is 0 Å². The Bertz CT molecular complexity index is 351. The van der Waals surface area contributed by atoms with Gasteiger partial charge in [-0.2, -0.15) is 0 Å². The van der Waals surface area contributed by atoms with Crippen molar-refractivity contribution in [3.63, 3.8) is 0 Å². The predicted octanol–water partition coefficient (Wildman–Crippen LogP) is 0.137. The maximum Gasteiger partial charge on any atom is 0.239 e. The molecule has 0 aromatic heterocycles. The van der Waals surface area contributed by atoms with Crippen LogP contribution in [0.25, 0.3) is 0 Å². The molecule has 0 spiro atoms. The van der Waals surface area contributed by atoms with Crippen LogP contribution in [0.15, 0.2) is 18.2 Å². The molecule has 1 atom stereocenters. The summed E-state index contributed by atoms with van der Waals surface area (Å²) < 4.78 is 0. The van der Waals surface area contributed by atoms with Gasteiger partial charge in [-0.15, -0.1) is 0 Å². The minimum atomic E-state index is -0.432. The van der Waals surface area contributed by atoms with Crippen molar-refractivity contribution in [3.8, 4) is 0 Å². The molecule has 1 unspecified atom stereocenters. The lowest BCUT2D eigenvalue weighted by Gasteiger charge is -2.12. The van der Waals surface area contributed by atoms with Crippen LogP contribution in [0.1, 0.15) is 6.92 Å². The lowest BCUT2D eigenvalue weighted by Crippen LogP contribution is -2.32. The molecule has 14 heavy (non-hydrogen) atoms. The van der Waals surface area contributed by atoms with Crippen molar-refractivity contribution in [2.24, 2.45) is 5.73 Å². The van der Waals surface area contributed by atoms with E-state index in [1.165, 1.54) is 0 Å². The van der Waals surface area contributed by atoms with Gasteiger partial charge in [0.05, 0.1) is 11.4 Å². The number of nitrogens with two attached hydrogens (primary N) is 3. The molecule has 1 aromatic carbocycles. The van der Waals surface area contributed by atoms with Gasteiger partial charge < -0.3 is 22.5 Å². The topological polar surface area (TPSA) is 107 Å². The number of benzene rings is 1. The molecule has 1 aromatic rings. The quantitative estimate of drug-likeness (QED) is 0.513. The number of carbonyl (C=O) groups excluding carboxylic acids is 1. The Morgan fingerprint density at radius 1 is 1.36 bits per heavy atom. The van der Waals surface area contributed by atoms with Crippen LogP contribution in [0.2, 0.25) is 0 Å². The third kappa shape index (κ3) is 2.29. The molecular weight excluding hydrogens is 180 g/mol. The average Bonchev–Trinajstić information content (AvgIpc) is 2.11. The molecule has 76 valence electrons. The number of rotatable bonds is 3. The molecule has 0 heterocycles. The molecule has 1 rings (SSSR count). The summed E-state index contributed by atoms with van der Waals surface area (Å²) in [5, 5.41) is 2.90. The summed E-state index contributed by atoms with van der Waals surface area (Å²) in [6, 6.07) is 4.64. The lowest BCUT2D eigenvalue weighted by atomic mass is 10.2. The SMILES string of the molecule is CC(Nc1ccc(N)c(N)c1)C(N)=O. The molecule has 0 saturated carbocycles. The summed E-state index contributed by atoms with van der Waals surface area (Å²) in [7, 11) is 0. The van der Waals surface area contributed by atoms with Crippen LogP contribution >= 0.6 is 0 Å². The number of anilines is 3. The summed E-state index contributed by atoms with van der Waals surface area (Å²) >= 11 is 0. The smallest absolute Gasteiger partial charge is 0.239 e. The number of amides is 1. The third-order valence-electron chi connectivity index (χ3n) is 1.90. The van der Waals surface area contributed by atoms with Gasteiger partial charge in [-0.1, -0.05) is 0 Å². The van der Waals surface area contributed by atoms with Gasteiger partial charge in [-0.25, -0.2) is 0 Å². The zero-order valence-electron chi connectivity index (χ0n) is 7.95. The molecule has 0 fully saturated rings. The number of hydrogen-bond acceptors (Lipinski definition) is 4. The van der Waals surface area contributed by atoms with E-state index >= 15 is 0 Å². The molecule has 7 N–H and O–H groups in total. The molecule has 0 aliphatic heterocycles. The van der Waals surface area contributed by atoms with Crippen LogP contribution in [0.4, 0.5) is 17.1 Å². The molecule has 0 radical (unpaired) electrons. The highest BCUT2D eigenvalue weighted by atomic mass is 16.1. The largest absolute Gasteiger partial charge is 0.397 e. The Balaban J connectivity index is 2.78. The lowest BCUT2D eigenvalue weighted by molar-refractivity contribution is -0.118. The summed E-state index contributed by atoms with van der Waals surface area (Å²) in [4.78, 5) is 10.8. The molecule has 0 bridgehead atoms. The molecule has 0 saturated heterocycles. The van der Waals surface area contributed by atoms with Crippen molar-refractivity contribution >= 4 is 23.0 Å². The van der Waals surface area contributed by atoms with Crippen LogP contribution in [-0.2, 0) is 4.79 Å². The first-order chi connectivity index (χ1) is 6.50. The van der Waals surface area contributed by atoms with Gasteiger partial charge in [0, 0.05) is 5.69 Å². The first-order valence-corrected chi connectivity index (χ1v) is 4.21. The van der Waals surface area contributed by atoms with E-state index in [-0.39, 0.29) is 0 Å². The maximum atomic E-state index is 10.8. The van der Waals surface area contributed by atoms with Gasteiger partial charge in [-0.3, -0.25) is 4.79 Å². The second kappa shape index (κ2) is 3.87. The van der Waals surface area contributed by atoms with E-state index in [1.807, 2.05) is 0 Å². The van der Waals surface area contributed by atoms with Gasteiger partial charge >= 0.3 is 0 Å². The van der Waals surface area contributed by atoms with Crippen LogP contribution in [0.3, 0.4) is 0 Å². The van der Waals surface area contributed by atoms with Crippen molar-refractivity contribution in [2.45, 2.75) is 13.0 Å². The Morgan fingerprint density at radius 3 is 2.50 bits per heavy atom. The molecule has 0 aliphatic carbocycles. The van der Waals surface area contributed by atoms with E-state index in [9.17, 15) is 4.79 Å². The van der Waals surface area contributed by atoms with E-state index < -0.39 is 11.9 Å². The van der Waals surface area contributed by atoms with Crippen LogP contribution < -0.4 is 22.5 Å². The highest BCUT2D eigenvalue weighted by Crippen LogP contribution is 2.19. The first-order valence-electron chi connectivity index (χ1n) is 4.21. The van der Waals surface area contributed by atoms with Crippen LogP contribution in [0, 0.1) is 0 Å². The van der Waals surface area contributed by atoms with Crippen LogP contribution in [-0.4, -0.2) is 11.9 Å². The Hall–Kier alpha value is -1.91. The van der Waals surface area contributed by atoms with Crippen molar-refractivity contribution in [1.82, 2.24) is 0 Å². The second-order valence-electron chi connectivity index (χ2n) is 3.11. The fourth-order valence-corrected chi connectivity index (χ4v) is 0.986. The standard InChI is InChI=1S/C9H14N4O/c1-5(9(12)14)13-6-2-3-7(10)8(11)4-6/h2-5,13H,10-11H2,1H3,(H2,12,14). The Labute approximate surface area is 82.3 Å². The van der Waals surface area contributed by atoms with E-state index in [2.05, 4.69) is 5.32 Å². The second-order valence-corrected chi connectivity index (χ2v) is 3.11. The van der Waals surface area contributed by atoms with E-state index in [4.69, 9.17) is 17.2 Å². The summed E-state index contributed by atoms with van der Waals surface area (Å²) in [6.45, 7) is 1.68. The van der Waals surface area contributed by atoms with E-state index in [0.717, 1.165) is 5.69 Å². The predicted molar refractivity (Wildman–Crippen MR) is 57.5 cm³/mol. The van der Waals surface area contributed by atoms with Gasteiger partial charge in [0.1, 0.15) is 6.04 Å². The summed E-state index contributed by atoms with van der Waals surface area (Å²) in [6.07, 6.45) is 0. The number of nitrogen functional groups attached to an aromatic ring is 2. The Morgan fingerprint density at radius 2 is 2.00 bits per heavy atom. The number of hydrogen-bond donors (Lipinski definition) is 4. The van der Waals surface area contributed by atoms with Crippen molar-refractivity contribution in [3.05, 3.63) is 18.2 Å². The third-order valence-corrected chi connectivity index (χ3v) is 1.90. The minimum absolute atomic E-state index is 0.416. The molecule has 0 aliphatic rings. The molecule has 1 amide bonds. The van der Waals surface area contributed by atoms with Gasteiger partial charge in [0.15, 0.2) is 0 Å². The minimum Gasteiger partial charge on any atom is -0.397 e. The normalized spacial score (nSPS) is 12.1. The van der Waals surface area contributed by atoms with E-state index in [0.29, 0.717) is 11.4 Å². The monoisotopic (exact) mass is 194 g/mol. The van der Waals surface area contributed by atoms with Gasteiger partial charge in [-0.05, 0) is 25.1 Å². The fourth-order valence-electron chi connectivity index (χ4n) is 0.986. The summed E-state index contributed by atoms with van der Waals surface area (Å²) in [5.74, 6) is -0.416. The van der Waals surface area contributed by atoms with Crippen molar-refractivity contribution in [2.75, 3.05) is 16.8 Å². The maximum absolute atomic E-state index is 10.8. The highest BCUT2D eigenvalue weighted by molar-refractivity contribution is 5.83. The van der Waals surface area contributed by atoms with Gasteiger partial charge in [0.2, 0.25) is 5.91 Å². The zero-order chi connectivity index (χ0) is 10.7. The van der Waals surface area contributed by atoms with E-state index in [1.54, 1.807) is 25.1 Å². The van der Waals surface area contributed by atoms with Crippen molar-refractivity contribution in [1.29, 1.82) is 0 Å². The fraction of sp³-hybridized carbons (Fsp3) is 0.222. The van der Waals surface area contributed by atoms with Crippen LogP contribution in [0.5, 0.6) is 0 Å². The zero-order valence-corrected chi connectivity index (χ0v) is 7.95. The number of primary amides is 1. The number of nitrogens with one attached hydrogen (secondary N) is 1. The molecule has 5 nitrogen and oxygen atoms in total. The molecule has 5 heteroatoms. The summed E-state index contributed by atoms with van der Waals surface area (Å²) in [5.41, 5.74) is 17.9. The molecular formula is C9H14N4O. The highest BCUT2D eigenvalue weighted by Gasteiger charge is 2.07. The number of carbonyl (C=O) groups is 1. The van der Waals surface area contributed by atoms with Crippen molar-refractivity contribution < 1.29 is 4.79 Å². The average molecular weight is 194 g/mol.